The van der Waals surface area contributed by atoms with Crippen LogP contribution in [0.3, 0.4) is 0 Å². The smallest absolute Gasteiger partial charge is 0.259 e. The van der Waals surface area contributed by atoms with Crippen molar-refractivity contribution in [3.05, 3.63) is 29.3 Å². The van der Waals surface area contributed by atoms with Crippen molar-refractivity contribution in [2.24, 2.45) is 5.73 Å². The van der Waals surface area contributed by atoms with Gasteiger partial charge in [-0.2, -0.15) is 5.26 Å². The maximum atomic E-state index is 10.9. The Kier molecular flexibility index (Phi) is 4.12. The van der Waals surface area contributed by atoms with E-state index in [-0.39, 0.29) is 5.57 Å². The molecule has 1 rings (SSSR count). The first-order chi connectivity index (χ1) is 8.13. The van der Waals surface area contributed by atoms with Crippen molar-refractivity contribution < 1.29 is 14.3 Å². The summed E-state index contributed by atoms with van der Waals surface area (Å²) in [6.07, 6.45) is 1.36. The molecule has 0 fully saturated rings. The first kappa shape index (κ1) is 12.6. The van der Waals surface area contributed by atoms with Crippen LogP contribution in [0, 0.1) is 11.3 Å². The van der Waals surface area contributed by atoms with Crippen LogP contribution in [0.2, 0.25) is 0 Å². The van der Waals surface area contributed by atoms with Gasteiger partial charge in [-0.05, 0) is 12.1 Å². The quantitative estimate of drug-likeness (QED) is 0.622. The number of nitriles is 1. The minimum absolute atomic E-state index is 0.142. The first-order valence-corrected chi connectivity index (χ1v) is 4.76. The van der Waals surface area contributed by atoms with Gasteiger partial charge >= 0.3 is 0 Å². The number of primary amides is 1. The summed E-state index contributed by atoms with van der Waals surface area (Å²) in [6.45, 7) is 0. The highest BCUT2D eigenvalue weighted by Crippen LogP contribution is 2.31. The van der Waals surface area contributed by atoms with E-state index in [2.05, 4.69) is 0 Å². The lowest BCUT2D eigenvalue weighted by Gasteiger charge is -2.09. The lowest BCUT2D eigenvalue weighted by Crippen LogP contribution is -2.12. The van der Waals surface area contributed by atoms with Gasteiger partial charge in [0.1, 0.15) is 11.6 Å². The van der Waals surface area contributed by atoms with Crippen LogP contribution in [0.25, 0.3) is 6.08 Å². The van der Waals surface area contributed by atoms with Gasteiger partial charge in [0.15, 0.2) is 11.5 Å². The van der Waals surface area contributed by atoms with Crippen molar-refractivity contribution in [3.63, 3.8) is 0 Å². The average Bonchev–Trinajstić information content (AvgIpc) is 2.34. The van der Waals surface area contributed by atoms with E-state index < -0.39 is 5.91 Å². The molecule has 0 aromatic heterocycles. The minimum atomic E-state index is -0.780. The van der Waals surface area contributed by atoms with Gasteiger partial charge in [0, 0.05) is 5.56 Å². The molecule has 0 aliphatic carbocycles. The van der Waals surface area contributed by atoms with Gasteiger partial charge in [-0.3, -0.25) is 4.79 Å². The fourth-order valence-corrected chi connectivity index (χ4v) is 1.34. The van der Waals surface area contributed by atoms with Gasteiger partial charge in [0.25, 0.3) is 5.91 Å². The number of nitrogens with zero attached hydrogens (tertiary/aromatic N) is 1. The second-order valence-corrected chi connectivity index (χ2v) is 3.12. The lowest BCUT2D eigenvalue weighted by atomic mass is 10.1. The molecule has 1 aromatic carbocycles. The molecule has 88 valence electrons. The van der Waals surface area contributed by atoms with Gasteiger partial charge < -0.3 is 15.2 Å². The Hall–Kier alpha value is -2.48. The van der Waals surface area contributed by atoms with Crippen molar-refractivity contribution in [1.29, 1.82) is 5.26 Å². The van der Waals surface area contributed by atoms with Crippen molar-refractivity contribution in [2.45, 2.75) is 0 Å². The van der Waals surface area contributed by atoms with Crippen molar-refractivity contribution in [2.75, 3.05) is 14.2 Å². The van der Waals surface area contributed by atoms with E-state index in [9.17, 15) is 4.79 Å². The summed E-state index contributed by atoms with van der Waals surface area (Å²) < 4.78 is 10.3. The molecule has 0 heterocycles. The van der Waals surface area contributed by atoms with E-state index in [0.29, 0.717) is 17.1 Å². The van der Waals surface area contributed by atoms with E-state index in [4.69, 9.17) is 20.5 Å². The monoisotopic (exact) mass is 232 g/mol. The van der Waals surface area contributed by atoms with E-state index in [0.717, 1.165) is 0 Å². The van der Waals surface area contributed by atoms with E-state index in [1.165, 1.54) is 20.3 Å². The second-order valence-electron chi connectivity index (χ2n) is 3.12. The zero-order valence-corrected chi connectivity index (χ0v) is 9.56. The molecule has 0 spiro atoms. The summed E-state index contributed by atoms with van der Waals surface area (Å²) in [5, 5.41) is 8.76. The third-order valence-electron chi connectivity index (χ3n) is 2.12. The Labute approximate surface area is 99.1 Å². The number of para-hydroxylation sites is 1. The summed E-state index contributed by atoms with van der Waals surface area (Å²) in [7, 11) is 2.98. The van der Waals surface area contributed by atoms with Gasteiger partial charge in [-0.15, -0.1) is 0 Å². The number of hydrogen-bond acceptors (Lipinski definition) is 4. The topological polar surface area (TPSA) is 85.3 Å². The number of carbonyl (C=O) groups is 1. The summed E-state index contributed by atoms with van der Waals surface area (Å²) in [5.41, 5.74) is 5.47. The van der Waals surface area contributed by atoms with Crippen LogP contribution in [0.4, 0.5) is 0 Å². The van der Waals surface area contributed by atoms with Gasteiger partial charge in [-0.25, -0.2) is 0 Å². The largest absolute Gasteiger partial charge is 0.493 e. The predicted octanol–water partition coefficient (Wildman–Crippen LogP) is 1.10. The molecule has 17 heavy (non-hydrogen) atoms. The van der Waals surface area contributed by atoms with Gasteiger partial charge in [0.2, 0.25) is 0 Å². The molecule has 1 aromatic rings. The van der Waals surface area contributed by atoms with E-state index >= 15 is 0 Å². The standard InChI is InChI=1S/C12H12N2O3/c1-16-10-5-3-4-8(11(10)17-2)6-9(7-13)12(14)15/h3-6H,1-2H3,(H2,14,15)/b9-6-. The molecule has 5 nitrogen and oxygen atoms in total. The maximum Gasteiger partial charge on any atom is 0.259 e. The van der Waals surface area contributed by atoms with Gasteiger partial charge in [0.05, 0.1) is 14.2 Å². The maximum absolute atomic E-state index is 10.9. The molecular formula is C12H12N2O3. The summed E-state index contributed by atoms with van der Waals surface area (Å²) >= 11 is 0. The van der Waals surface area contributed by atoms with E-state index in [1.807, 2.05) is 0 Å². The Bertz CT molecular complexity index is 501. The van der Waals surface area contributed by atoms with Crippen molar-refractivity contribution >= 4 is 12.0 Å². The number of amides is 1. The number of hydrogen-bond donors (Lipinski definition) is 1. The summed E-state index contributed by atoms with van der Waals surface area (Å²) in [4.78, 5) is 10.9. The average molecular weight is 232 g/mol. The fraction of sp³-hybridized carbons (Fsp3) is 0.167. The highest BCUT2D eigenvalue weighted by atomic mass is 16.5. The summed E-state index contributed by atoms with van der Waals surface area (Å²) in [5.74, 6) is 0.185. The molecule has 0 bridgehead atoms. The minimum Gasteiger partial charge on any atom is -0.493 e. The molecule has 0 saturated heterocycles. The van der Waals surface area contributed by atoms with Gasteiger partial charge in [-0.1, -0.05) is 12.1 Å². The molecule has 2 N–H and O–H groups in total. The van der Waals surface area contributed by atoms with Crippen molar-refractivity contribution in [3.8, 4) is 17.6 Å². The highest BCUT2D eigenvalue weighted by Gasteiger charge is 2.10. The molecule has 0 aliphatic rings. The fourth-order valence-electron chi connectivity index (χ4n) is 1.34. The molecular weight excluding hydrogens is 220 g/mol. The zero-order valence-electron chi connectivity index (χ0n) is 9.56. The lowest BCUT2D eigenvalue weighted by molar-refractivity contribution is -0.114. The molecule has 0 radical (unpaired) electrons. The number of benzene rings is 1. The van der Waals surface area contributed by atoms with Crippen LogP contribution in [0.5, 0.6) is 11.5 Å². The molecule has 0 saturated carbocycles. The Morgan fingerprint density at radius 1 is 1.41 bits per heavy atom. The van der Waals surface area contributed by atoms with Crippen LogP contribution in [-0.4, -0.2) is 20.1 Å². The molecule has 0 unspecified atom stereocenters. The predicted molar refractivity (Wildman–Crippen MR) is 62.3 cm³/mol. The number of carbonyl (C=O) groups excluding carboxylic acids is 1. The Morgan fingerprint density at radius 2 is 2.12 bits per heavy atom. The van der Waals surface area contributed by atoms with Crippen LogP contribution in [0.1, 0.15) is 5.56 Å². The normalized spacial score (nSPS) is 10.5. The van der Waals surface area contributed by atoms with Crippen LogP contribution in [0.15, 0.2) is 23.8 Å². The third kappa shape index (κ3) is 2.75. The number of rotatable bonds is 4. The second kappa shape index (κ2) is 5.56. The summed E-state index contributed by atoms with van der Waals surface area (Å²) in [6, 6.07) is 6.87. The number of nitrogens with two attached hydrogens (primary N) is 1. The highest BCUT2D eigenvalue weighted by molar-refractivity contribution is 6.00. The van der Waals surface area contributed by atoms with Crippen LogP contribution in [-0.2, 0) is 4.79 Å². The van der Waals surface area contributed by atoms with Crippen molar-refractivity contribution in [1.82, 2.24) is 0 Å². The Morgan fingerprint density at radius 3 is 2.59 bits per heavy atom. The number of methoxy groups -OCH3 is 2. The zero-order chi connectivity index (χ0) is 12.8. The molecule has 5 heteroatoms. The third-order valence-corrected chi connectivity index (χ3v) is 2.12. The van der Waals surface area contributed by atoms with Crippen LogP contribution < -0.4 is 15.2 Å². The van der Waals surface area contributed by atoms with Crippen LogP contribution >= 0.6 is 0 Å². The molecule has 0 atom stereocenters. The SMILES string of the molecule is COc1cccc(/C=C(/C#N)C(N)=O)c1OC. The number of ether oxygens (including phenoxy) is 2. The van der Waals surface area contributed by atoms with E-state index in [1.54, 1.807) is 24.3 Å². The Balaban J connectivity index is 3.32. The molecule has 1 amide bonds. The first-order valence-electron chi connectivity index (χ1n) is 4.76. The molecule has 0 aliphatic heterocycles.